The van der Waals surface area contributed by atoms with Crippen molar-refractivity contribution in [2.45, 2.75) is 13.0 Å². The molecule has 0 fully saturated rings. The van der Waals surface area contributed by atoms with E-state index < -0.39 is 30.1 Å². The van der Waals surface area contributed by atoms with Crippen LogP contribution in [-0.4, -0.2) is 58.4 Å². The van der Waals surface area contributed by atoms with Crippen molar-refractivity contribution in [2.24, 2.45) is 0 Å². The molecule has 2 amide bonds. The quantitative estimate of drug-likeness (QED) is 0.503. The average molecular weight is 455 g/mol. The van der Waals surface area contributed by atoms with Crippen molar-refractivity contribution in [1.82, 2.24) is 25.2 Å². The molecule has 0 atom stereocenters. The molecule has 4 rings (SSSR count). The number of amides is 2. The topological polar surface area (TPSA) is 141 Å². The van der Waals surface area contributed by atoms with Crippen LogP contribution in [0.5, 0.6) is 5.75 Å². The van der Waals surface area contributed by atoms with Crippen LogP contribution >= 0.6 is 0 Å². The van der Waals surface area contributed by atoms with Crippen LogP contribution in [0.3, 0.4) is 0 Å². The number of fused-ring (bicyclic) bond motifs is 2. The molecule has 0 saturated carbocycles. The molecule has 3 heterocycles. The average Bonchev–Trinajstić information content (AvgIpc) is 3.20. The first-order valence-corrected chi connectivity index (χ1v) is 9.79. The number of halogens is 1. The lowest BCUT2D eigenvalue weighted by atomic mass is 10.0. The first-order valence-electron chi connectivity index (χ1n) is 9.79. The van der Waals surface area contributed by atoms with Gasteiger partial charge in [0.05, 0.1) is 13.3 Å². The maximum Gasteiger partial charge on any atom is 0.325 e. The minimum atomic E-state index is -0.828. The molecule has 1 aliphatic heterocycles. The highest BCUT2D eigenvalue weighted by Gasteiger charge is 2.21. The summed E-state index contributed by atoms with van der Waals surface area (Å²) in [5.74, 6) is -2.37. The van der Waals surface area contributed by atoms with E-state index in [0.717, 1.165) is 29.5 Å². The third kappa shape index (κ3) is 4.63. The summed E-state index contributed by atoms with van der Waals surface area (Å²) in [5, 5.41) is 8.72. The molecular formula is C21H18FN5O6. The molecule has 0 saturated heterocycles. The van der Waals surface area contributed by atoms with Crippen LogP contribution in [0, 0.1) is 5.82 Å². The summed E-state index contributed by atoms with van der Waals surface area (Å²) in [6, 6.07) is 6.36. The lowest BCUT2D eigenvalue weighted by Crippen LogP contribution is -2.32. The number of ether oxygens (including phenoxy) is 2. The van der Waals surface area contributed by atoms with E-state index in [1.54, 1.807) is 18.2 Å². The number of hydrogen-bond donors (Lipinski definition) is 2. The minimum Gasteiger partial charge on any atom is -0.486 e. The predicted molar refractivity (Wildman–Crippen MR) is 109 cm³/mol. The first-order chi connectivity index (χ1) is 15.9. The normalized spacial score (nSPS) is 12.6. The summed E-state index contributed by atoms with van der Waals surface area (Å²) in [6.45, 7) is -0.286. The number of aromatic nitrogens is 3. The lowest BCUT2D eigenvalue weighted by Gasteiger charge is -2.17. The van der Waals surface area contributed by atoms with Crippen LogP contribution in [0.15, 0.2) is 30.5 Å². The van der Waals surface area contributed by atoms with Crippen molar-refractivity contribution >= 4 is 29.2 Å². The van der Waals surface area contributed by atoms with Gasteiger partial charge in [-0.15, -0.1) is 0 Å². The third-order valence-electron chi connectivity index (χ3n) is 4.87. The summed E-state index contributed by atoms with van der Waals surface area (Å²) in [7, 11) is 1.16. The number of benzene rings is 1. The molecule has 0 unspecified atom stereocenters. The SMILES string of the molecule is COC(=O)CNC(=O)c1cc(C(=O)NCc2ccc3c(c2)CC(=O)CO3)nc2c(F)cnn12. The van der Waals surface area contributed by atoms with Crippen molar-refractivity contribution in [3.8, 4) is 5.75 Å². The fourth-order valence-corrected chi connectivity index (χ4v) is 3.25. The van der Waals surface area contributed by atoms with Crippen LogP contribution in [0.25, 0.3) is 5.65 Å². The van der Waals surface area contributed by atoms with Gasteiger partial charge in [-0.25, -0.2) is 13.9 Å². The second-order valence-electron chi connectivity index (χ2n) is 7.14. The number of ketones is 1. The van der Waals surface area contributed by atoms with E-state index in [-0.39, 0.29) is 42.4 Å². The number of carbonyl (C=O) groups is 4. The van der Waals surface area contributed by atoms with E-state index in [1.165, 1.54) is 0 Å². The Morgan fingerprint density at radius 2 is 2.03 bits per heavy atom. The van der Waals surface area contributed by atoms with Crippen molar-refractivity contribution in [3.63, 3.8) is 0 Å². The second-order valence-corrected chi connectivity index (χ2v) is 7.14. The Morgan fingerprint density at radius 3 is 2.82 bits per heavy atom. The van der Waals surface area contributed by atoms with Gasteiger partial charge in [-0.3, -0.25) is 19.2 Å². The fourth-order valence-electron chi connectivity index (χ4n) is 3.25. The Labute approximate surface area is 185 Å². The molecule has 0 aliphatic carbocycles. The maximum absolute atomic E-state index is 14.1. The summed E-state index contributed by atoms with van der Waals surface area (Å²) < 4.78 is 24.9. The standard InChI is InChI=1S/C21H18FN5O6/c1-32-18(29)9-24-21(31)16-6-15(26-19-14(22)8-25-27(16)19)20(30)23-7-11-2-3-17-12(4-11)5-13(28)10-33-17/h2-4,6,8H,5,7,9-10H2,1H3,(H,23,30)(H,24,31). The molecule has 11 nitrogen and oxygen atoms in total. The smallest absolute Gasteiger partial charge is 0.325 e. The molecule has 0 bridgehead atoms. The number of Topliss-reactive ketones (excluding diaryl/α,β-unsaturated/α-hetero) is 1. The zero-order valence-electron chi connectivity index (χ0n) is 17.4. The van der Waals surface area contributed by atoms with Gasteiger partial charge in [0.15, 0.2) is 17.2 Å². The van der Waals surface area contributed by atoms with Gasteiger partial charge in [0, 0.05) is 24.6 Å². The predicted octanol–water partition coefficient (Wildman–Crippen LogP) is 0.205. The van der Waals surface area contributed by atoms with Crippen LogP contribution in [0.1, 0.15) is 32.1 Å². The van der Waals surface area contributed by atoms with Gasteiger partial charge in [-0.1, -0.05) is 6.07 Å². The van der Waals surface area contributed by atoms with Crippen molar-refractivity contribution in [1.29, 1.82) is 0 Å². The summed E-state index contributed by atoms with van der Waals surface area (Å²) in [5.41, 5.74) is 0.704. The lowest BCUT2D eigenvalue weighted by molar-refractivity contribution is -0.139. The Hall–Kier alpha value is -4.35. The molecule has 0 radical (unpaired) electrons. The van der Waals surface area contributed by atoms with E-state index in [2.05, 4.69) is 25.5 Å². The van der Waals surface area contributed by atoms with Gasteiger partial charge in [-0.2, -0.15) is 5.10 Å². The zero-order valence-corrected chi connectivity index (χ0v) is 17.4. The summed E-state index contributed by atoms with van der Waals surface area (Å²) in [4.78, 5) is 52.1. The number of nitrogens with one attached hydrogen (secondary N) is 2. The second kappa shape index (κ2) is 9.02. The maximum atomic E-state index is 14.1. The van der Waals surface area contributed by atoms with Gasteiger partial charge >= 0.3 is 5.97 Å². The Kier molecular flexibility index (Phi) is 5.98. The molecular weight excluding hydrogens is 437 g/mol. The molecule has 2 N–H and O–H groups in total. The number of hydrogen-bond acceptors (Lipinski definition) is 8. The zero-order chi connectivity index (χ0) is 23.5. The van der Waals surface area contributed by atoms with E-state index in [9.17, 15) is 23.6 Å². The Balaban J connectivity index is 1.54. The van der Waals surface area contributed by atoms with E-state index in [0.29, 0.717) is 11.3 Å². The summed E-state index contributed by atoms with van der Waals surface area (Å²) >= 11 is 0. The van der Waals surface area contributed by atoms with Crippen LogP contribution in [-0.2, 0) is 27.3 Å². The third-order valence-corrected chi connectivity index (χ3v) is 4.87. The first kappa shape index (κ1) is 21.9. The number of esters is 1. The largest absolute Gasteiger partial charge is 0.486 e. The monoisotopic (exact) mass is 455 g/mol. The van der Waals surface area contributed by atoms with E-state index >= 15 is 0 Å². The van der Waals surface area contributed by atoms with Crippen LogP contribution in [0.2, 0.25) is 0 Å². The van der Waals surface area contributed by atoms with Crippen molar-refractivity contribution in [3.05, 3.63) is 58.8 Å². The highest BCUT2D eigenvalue weighted by atomic mass is 19.1. The minimum absolute atomic E-state index is 0.0396. The highest BCUT2D eigenvalue weighted by molar-refractivity contribution is 5.99. The molecule has 0 spiro atoms. The molecule has 1 aromatic carbocycles. The molecule has 170 valence electrons. The van der Waals surface area contributed by atoms with Crippen LogP contribution < -0.4 is 15.4 Å². The Morgan fingerprint density at radius 1 is 1.21 bits per heavy atom. The van der Waals surface area contributed by atoms with Crippen LogP contribution in [0.4, 0.5) is 4.39 Å². The molecule has 3 aromatic rings. The number of methoxy groups -OCH3 is 1. The highest BCUT2D eigenvalue weighted by Crippen LogP contribution is 2.24. The number of nitrogens with zero attached hydrogens (tertiary/aromatic N) is 3. The van der Waals surface area contributed by atoms with Gasteiger partial charge in [0.25, 0.3) is 11.8 Å². The van der Waals surface area contributed by atoms with Gasteiger partial charge < -0.3 is 20.1 Å². The fraction of sp³-hybridized carbons (Fsp3) is 0.238. The van der Waals surface area contributed by atoms with Gasteiger partial charge in [0.2, 0.25) is 0 Å². The summed E-state index contributed by atoms with van der Waals surface area (Å²) in [6.07, 6.45) is 1.11. The van der Waals surface area contributed by atoms with Gasteiger partial charge in [-0.05, 0) is 17.7 Å². The van der Waals surface area contributed by atoms with E-state index in [1.807, 2.05) is 0 Å². The molecule has 2 aromatic heterocycles. The Bertz CT molecular complexity index is 1290. The molecule has 33 heavy (non-hydrogen) atoms. The van der Waals surface area contributed by atoms with E-state index in [4.69, 9.17) is 4.74 Å². The molecule has 1 aliphatic rings. The number of rotatable bonds is 6. The van der Waals surface area contributed by atoms with Crippen molar-refractivity contribution < 1.29 is 33.0 Å². The number of carbonyl (C=O) groups excluding carboxylic acids is 4. The van der Waals surface area contributed by atoms with Gasteiger partial charge in [0.1, 0.15) is 30.3 Å². The molecule has 12 heteroatoms. The van der Waals surface area contributed by atoms with Crippen molar-refractivity contribution in [2.75, 3.05) is 20.3 Å².